The lowest BCUT2D eigenvalue weighted by Crippen LogP contribution is -2.10. The highest BCUT2D eigenvalue weighted by atomic mass is 15.1. The van der Waals surface area contributed by atoms with Gasteiger partial charge in [-0.2, -0.15) is 0 Å². The van der Waals surface area contributed by atoms with Crippen LogP contribution in [-0.2, 0) is 0 Å². The Balaban J connectivity index is 1.10. The van der Waals surface area contributed by atoms with Crippen molar-refractivity contribution in [1.82, 2.24) is 19.5 Å². The van der Waals surface area contributed by atoms with E-state index >= 15 is 0 Å². The normalized spacial score (nSPS) is 11.2. The fourth-order valence-electron chi connectivity index (χ4n) is 8.68. The van der Waals surface area contributed by atoms with Crippen LogP contribution < -0.4 is 4.90 Å². The molecule has 0 saturated carbocycles. The molecule has 0 atom stereocenters. The van der Waals surface area contributed by atoms with Gasteiger partial charge in [-0.1, -0.05) is 127 Å². The van der Waals surface area contributed by atoms with Crippen molar-refractivity contribution < 1.29 is 0 Å². The summed E-state index contributed by atoms with van der Waals surface area (Å²) in [6, 6.07) is 75.7. The number of benzene rings is 8. The van der Waals surface area contributed by atoms with E-state index in [0.29, 0.717) is 5.82 Å². The maximum atomic E-state index is 4.49. The van der Waals surface area contributed by atoms with E-state index in [1.807, 2.05) is 18.3 Å². The Hall–Kier alpha value is -8.41. The molecule has 3 aromatic heterocycles. The molecule has 8 aromatic carbocycles. The van der Waals surface area contributed by atoms with Gasteiger partial charge < -0.3 is 9.47 Å². The average molecular weight is 794 g/mol. The molecular weight excluding hydrogens is 755 g/mol. The minimum atomic E-state index is 0.697. The van der Waals surface area contributed by atoms with Gasteiger partial charge in [0.25, 0.3) is 0 Å². The lowest BCUT2D eigenvalue weighted by molar-refractivity contribution is 1.17. The van der Waals surface area contributed by atoms with Crippen LogP contribution in [0.3, 0.4) is 0 Å². The third-order valence-corrected chi connectivity index (χ3v) is 11.6. The number of nitrogens with zero attached hydrogens (tertiary/aromatic N) is 5. The molecule has 0 aliphatic rings. The second-order valence-electron chi connectivity index (χ2n) is 15.3. The van der Waals surface area contributed by atoms with Crippen LogP contribution in [0.4, 0.5) is 17.1 Å². The lowest BCUT2D eigenvalue weighted by Gasteiger charge is -2.26. The second kappa shape index (κ2) is 16.0. The van der Waals surface area contributed by atoms with Crippen LogP contribution in [-0.4, -0.2) is 19.5 Å². The molecule has 5 nitrogen and oxygen atoms in total. The zero-order chi connectivity index (χ0) is 41.2. The van der Waals surface area contributed by atoms with Crippen molar-refractivity contribution in [3.8, 4) is 61.6 Å². The number of hydrogen-bond acceptors (Lipinski definition) is 4. The van der Waals surface area contributed by atoms with Crippen molar-refractivity contribution in [2.45, 2.75) is 0 Å². The summed E-state index contributed by atoms with van der Waals surface area (Å²) in [5, 5.41) is 2.44. The standard InChI is InChI=1S/C57H39N5/c1-4-12-40(13-5-1)45-23-34-54-53(38-45)55-51(42-14-6-2-7-15-42)32-33-52(43-16-8-3-9-17-43)56(55)62(54)50-30-28-49(29-31-50)61(47-24-19-41(20-25-47)46-18-10-35-58-39-46)48-26-21-44(22-27-48)57-59-36-11-37-60-57/h1-39H. The van der Waals surface area contributed by atoms with Crippen molar-refractivity contribution in [1.29, 1.82) is 0 Å². The Morgan fingerprint density at radius 1 is 0.371 bits per heavy atom. The van der Waals surface area contributed by atoms with E-state index in [2.05, 4.69) is 225 Å². The molecule has 11 aromatic rings. The molecule has 0 unspecified atom stereocenters. The van der Waals surface area contributed by atoms with Crippen molar-refractivity contribution in [3.05, 3.63) is 237 Å². The summed E-state index contributed by atoms with van der Waals surface area (Å²) in [6.07, 6.45) is 7.26. The summed E-state index contributed by atoms with van der Waals surface area (Å²) < 4.78 is 2.46. The molecule has 5 heteroatoms. The first-order valence-electron chi connectivity index (χ1n) is 20.8. The highest BCUT2D eigenvalue weighted by Gasteiger charge is 2.22. The second-order valence-corrected chi connectivity index (χ2v) is 15.3. The Labute approximate surface area is 360 Å². The quantitative estimate of drug-likeness (QED) is 0.146. The van der Waals surface area contributed by atoms with Gasteiger partial charge in [-0.25, -0.2) is 9.97 Å². The Morgan fingerprint density at radius 3 is 1.50 bits per heavy atom. The van der Waals surface area contributed by atoms with Crippen molar-refractivity contribution in [3.63, 3.8) is 0 Å². The van der Waals surface area contributed by atoms with Gasteiger partial charge in [0, 0.05) is 69.4 Å². The maximum absolute atomic E-state index is 4.49. The Bertz CT molecular complexity index is 3200. The number of rotatable bonds is 9. The Morgan fingerprint density at radius 2 is 0.887 bits per heavy atom. The topological polar surface area (TPSA) is 46.8 Å². The van der Waals surface area contributed by atoms with E-state index in [4.69, 9.17) is 0 Å². The SMILES string of the molecule is c1ccc(-c2ccc3c(c2)c2c(-c4ccccc4)ccc(-c4ccccc4)c2n3-c2ccc(N(c3ccc(-c4cccnc4)cc3)c3ccc(-c4ncccn4)cc3)cc2)cc1. The predicted octanol–water partition coefficient (Wildman–Crippen LogP) is 14.8. The van der Waals surface area contributed by atoms with Crippen molar-refractivity contribution in [2.24, 2.45) is 0 Å². The number of anilines is 3. The fourth-order valence-corrected chi connectivity index (χ4v) is 8.68. The summed E-state index contributed by atoms with van der Waals surface area (Å²) in [5.41, 5.74) is 16.8. The Kier molecular flexibility index (Phi) is 9.45. The number of pyridine rings is 1. The lowest BCUT2D eigenvalue weighted by atomic mass is 9.93. The van der Waals surface area contributed by atoms with Gasteiger partial charge in [-0.15, -0.1) is 0 Å². The molecule has 62 heavy (non-hydrogen) atoms. The number of hydrogen-bond donors (Lipinski definition) is 0. The van der Waals surface area contributed by atoms with Gasteiger partial charge in [0.1, 0.15) is 0 Å². The monoisotopic (exact) mass is 793 g/mol. The number of aromatic nitrogens is 4. The van der Waals surface area contributed by atoms with Gasteiger partial charge >= 0.3 is 0 Å². The fraction of sp³-hybridized carbons (Fsp3) is 0. The zero-order valence-electron chi connectivity index (χ0n) is 33.8. The van der Waals surface area contributed by atoms with Gasteiger partial charge in [-0.05, 0) is 124 Å². The largest absolute Gasteiger partial charge is 0.311 e. The average Bonchev–Trinajstić information content (AvgIpc) is 3.70. The van der Waals surface area contributed by atoms with E-state index < -0.39 is 0 Å². The molecule has 0 spiro atoms. The third-order valence-electron chi connectivity index (χ3n) is 11.6. The summed E-state index contributed by atoms with van der Waals surface area (Å²) in [5.74, 6) is 0.697. The van der Waals surface area contributed by atoms with Crippen LogP contribution in [0.25, 0.3) is 83.4 Å². The van der Waals surface area contributed by atoms with Crippen LogP contribution >= 0.6 is 0 Å². The van der Waals surface area contributed by atoms with Gasteiger partial charge in [-0.3, -0.25) is 4.98 Å². The van der Waals surface area contributed by atoms with Gasteiger partial charge in [0.05, 0.1) is 11.0 Å². The minimum absolute atomic E-state index is 0.697. The van der Waals surface area contributed by atoms with Crippen LogP contribution in [0.15, 0.2) is 237 Å². The highest BCUT2D eigenvalue weighted by Crippen LogP contribution is 2.45. The van der Waals surface area contributed by atoms with Gasteiger partial charge in [0.2, 0.25) is 0 Å². The summed E-state index contributed by atoms with van der Waals surface area (Å²) in [7, 11) is 0. The molecule has 3 heterocycles. The smallest absolute Gasteiger partial charge is 0.159 e. The van der Waals surface area contributed by atoms with Crippen LogP contribution in [0, 0.1) is 0 Å². The molecule has 0 saturated heterocycles. The minimum Gasteiger partial charge on any atom is -0.311 e. The molecule has 11 rings (SSSR count). The van der Waals surface area contributed by atoms with Crippen LogP contribution in [0.5, 0.6) is 0 Å². The van der Waals surface area contributed by atoms with Crippen molar-refractivity contribution >= 4 is 38.9 Å². The molecule has 0 aliphatic heterocycles. The molecule has 0 aliphatic carbocycles. The van der Waals surface area contributed by atoms with Crippen molar-refractivity contribution in [2.75, 3.05) is 4.90 Å². The van der Waals surface area contributed by atoms with E-state index in [1.54, 1.807) is 18.6 Å². The molecule has 0 radical (unpaired) electrons. The van der Waals surface area contributed by atoms with E-state index in [9.17, 15) is 0 Å². The van der Waals surface area contributed by atoms with E-state index in [1.165, 1.54) is 49.7 Å². The van der Waals surface area contributed by atoms with E-state index in [0.717, 1.165) is 45.0 Å². The summed E-state index contributed by atoms with van der Waals surface area (Å²) in [6.45, 7) is 0. The first-order valence-corrected chi connectivity index (χ1v) is 20.8. The number of fused-ring (bicyclic) bond motifs is 3. The van der Waals surface area contributed by atoms with Gasteiger partial charge in [0.15, 0.2) is 5.82 Å². The molecule has 0 bridgehead atoms. The first-order chi connectivity index (χ1) is 30.8. The summed E-state index contributed by atoms with van der Waals surface area (Å²) in [4.78, 5) is 15.6. The molecular formula is C57H39N5. The van der Waals surface area contributed by atoms with E-state index in [-0.39, 0.29) is 0 Å². The third kappa shape index (κ3) is 6.78. The zero-order valence-corrected chi connectivity index (χ0v) is 33.8. The highest BCUT2D eigenvalue weighted by molar-refractivity contribution is 6.20. The molecule has 292 valence electrons. The molecule has 0 N–H and O–H groups in total. The molecule has 0 fully saturated rings. The maximum Gasteiger partial charge on any atom is 0.159 e. The first kappa shape index (κ1) is 36.7. The summed E-state index contributed by atoms with van der Waals surface area (Å²) >= 11 is 0. The van der Waals surface area contributed by atoms with Crippen LogP contribution in [0.2, 0.25) is 0 Å². The predicted molar refractivity (Wildman–Crippen MR) is 256 cm³/mol. The van der Waals surface area contributed by atoms with Crippen LogP contribution in [0.1, 0.15) is 0 Å². The molecule has 0 amide bonds.